The molecule has 1 atom stereocenters. The molecule has 1 unspecified atom stereocenters. The van der Waals surface area contributed by atoms with Crippen LogP contribution in [0.4, 0.5) is 0 Å². The summed E-state index contributed by atoms with van der Waals surface area (Å²) >= 11 is 0. The Kier molecular flexibility index (Phi) is 4.50. The standard InChI is InChI=1S/C11H10OS.C2H6/c1-13(12)11-8-4-6-9-5-2-3-7-10(9)11;1-2/h2-8H,1H3;1-2H3. The Hall–Kier alpha value is -1.15. The summed E-state index contributed by atoms with van der Waals surface area (Å²) in [7, 11) is -0.904. The van der Waals surface area contributed by atoms with E-state index in [1.54, 1.807) is 6.26 Å². The third-order valence-corrected chi connectivity index (χ3v) is 3.03. The van der Waals surface area contributed by atoms with Crippen molar-refractivity contribution < 1.29 is 4.21 Å². The molecule has 2 rings (SSSR count). The second-order valence-electron chi connectivity index (χ2n) is 2.93. The van der Waals surface area contributed by atoms with Crippen LogP contribution >= 0.6 is 0 Å². The fourth-order valence-corrected chi connectivity index (χ4v) is 2.21. The molecule has 0 aliphatic rings. The highest BCUT2D eigenvalue weighted by atomic mass is 32.2. The van der Waals surface area contributed by atoms with Gasteiger partial charge in [0.25, 0.3) is 0 Å². The number of hydrogen-bond acceptors (Lipinski definition) is 1. The van der Waals surface area contributed by atoms with E-state index >= 15 is 0 Å². The zero-order chi connectivity index (χ0) is 11.3. The summed E-state index contributed by atoms with van der Waals surface area (Å²) in [5.41, 5.74) is 0. The van der Waals surface area contributed by atoms with Gasteiger partial charge < -0.3 is 0 Å². The largest absolute Gasteiger partial charge is 0.255 e. The molecule has 0 saturated carbocycles. The normalized spacial score (nSPS) is 11.7. The first-order chi connectivity index (χ1) is 7.29. The highest BCUT2D eigenvalue weighted by molar-refractivity contribution is 7.84. The number of hydrogen-bond donors (Lipinski definition) is 0. The van der Waals surface area contributed by atoms with Gasteiger partial charge in [-0.1, -0.05) is 50.2 Å². The fraction of sp³-hybridized carbons (Fsp3) is 0.231. The van der Waals surface area contributed by atoms with Gasteiger partial charge in [0.15, 0.2) is 0 Å². The Bertz CT molecular complexity index is 458. The average molecular weight is 220 g/mol. The molecule has 0 aliphatic carbocycles. The quantitative estimate of drug-likeness (QED) is 0.717. The van der Waals surface area contributed by atoms with Crippen LogP contribution in [-0.2, 0) is 10.8 Å². The third kappa shape index (κ3) is 2.66. The molecule has 0 bridgehead atoms. The fourth-order valence-electron chi connectivity index (χ4n) is 1.45. The topological polar surface area (TPSA) is 17.1 Å². The van der Waals surface area contributed by atoms with Gasteiger partial charge >= 0.3 is 0 Å². The van der Waals surface area contributed by atoms with Crippen molar-refractivity contribution >= 4 is 21.6 Å². The monoisotopic (exact) mass is 220 g/mol. The van der Waals surface area contributed by atoms with Crippen molar-refractivity contribution in [2.75, 3.05) is 6.26 Å². The van der Waals surface area contributed by atoms with Gasteiger partial charge in [0.2, 0.25) is 0 Å². The zero-order valence-corrected chi connectivity index (χ0v) is 10.2. The molecular weight excluding hydrogens is 204 g/mol. The van der Waals surface area contributed by atoms with Gasteiger partial charge in [-0.25, -0.2) is 0 Å². The number of fused-ring (bicyclic) bond motifs is 1. The van der Waals surface area contributed by atoms with Crippen molar-refractivity contribution in [3.8, 4) is 0 Å². The van der Waals surface area contributed by atoms with E-state index < -0.39 is 10.8 Å². The summed E-state index contributed by atoms with van der Waals surface area (Å²) in [5, 5.41) is 2.24. The van der Waals surface area contributed by atoms with Crippen molar-refractivity contribution in [1.29, 1.82) is 0 Å². The van der Waals surface area contributed by atoms with Crippen molar-refractivity contribution in [2.45, 2.75) is 18.7 Å². The highest BCUT2D eigenvalue weighted by Crippen LogP contribution is 2.20. The summed E-state index contributed by atoms with van der Waals surface area (Å²) in [6.07, 6.45) is 1.71. The Morgan fingerprint density at radius 3 is 2.20 bits per heavy atom. The van der Waals surface area contributed by atoms with Crippen LogP contribution in [0.5, 0.6) is 0 Å². The lowest BCUT2D eigenvalue weighted by Gasteiger charge is -2.01. The summed E-state index contributed by atoms with van der Waals surface area (Å²) in [4.78, 5) is 0.915. The molecule has 0 N–H and O–H groups in total. The van der Waals surface area contributed by atoms with E-state index in [1.807, 2.05) is 56.3 Å². The summed E-state index contributed by atoms with van der Waals surface area (Å²) in [6.45, 7) is 4.00. The van der Waals surface area contributed by atoms with Gasteiger partial charge in [-0.15, -0.1) is 0 Å². The van der Waals surface area contributed by atoms with E-state index in [2.05, 4.69) is 0 Å². The van der Waals surface area contributed by atoms with Crippen LogP contribution in [0, 0.1) is 0 Å². The van der Waals surface area contributed by atoms with Gasteiger partial charge in [-0.05, 0) is 16.8 Å². The Labute approximate surface area is 93.6 Å². The predicted molar refractivity (Wildman–Crippen MR) is 67.6 cm³/mol. The number of rotatable bonds is 1. The predicted octanol–water partition coefficient (Wildman–Crippen LogP) is 3.60. The average Bonchev–Trinajstić information content (AvgIpc) is 2.31. The maximum absolute atomic E-state index is 11.4. The molecule has 0 spiro atoms. The van der Waals surface area contributed by atoms with Crippen LogP contribution in [0.25, 0.3) is 10.8 Å². The van der Waals surface area contributed by atoms with Gasteiger partial charge in [-0.3, -0.25) is 4.21 Å². The van der Waals surface area contributed by atoms with Crippen LogP contribution in [0.1, 0.15) is 13.8 Å². The first-order valence-corrected chi connectivity index (χ1v) is 6.66. The minimum atomic E-state index is -0.904. The molecular formula is C13H16OS. The molecule has 0 radical (unpaired) electrons. The maximum Gasteiger partial charge on any atom is 0.0504 e. The molecule has 1 nitrogen and oxygen atoms in total. The van der Waals surface area contributed by atoms with Crippen LogP contribution < -0.4 is 0 Å². The van der Waals surface area contributed by atoms with Gasteiger partial charge in [0.05, 0.1) is 10.8 Å². The molecule has 0 amide bonds. The molecule has 0 fully saturated rings. The molecule has 0 saturated heterocycles. The molecule has 2 heteroatoms. The molecule has 80 valence electrons. The van der Waals surface area contributed by atoms with Crippen LogP contribution in [0.2, 0.25) is 0 Å². The molecule has 2 aromatic carbocycles. The summed E-state index contributed by atoms with van der Waals surface area (Å²) in [5.74, 6) is 0. The smallest absolute Gasteiger partial charge is 0.0504 e. The lowest BCUT2D eigenvalue weighted by atomic mass is 10.1. The van der Waals surface area contributed by atoms with E-state index in [0.29, 0.717) is 0 Å². The summed E-state index contributed by atoms with van der Waals surface area (Å²) in [6, 6.07) is 13.9. The van der Waals surface area contributed by atoms with Crippen molar-refractivity contribution in [2.24, 2.45) is 0 Å². The van der Waals surface area contributed by atoms with E-state index in [9.17, 15) is 4.21 Å². The molecule has 0 aromatic heterocycles. The molecule has 0 aliphatic heterocycles. The van der Waals surface area contributed by atoms with Crippen molar-refractivity contribution in [3.05, 3.63) is 42.5 Å². The van der Waals surface area contributed by atoms with Gasteiger partial charge in [-0.2, -0.15) is 0 Å². The zero-order valence-electron chi connectivity index (χ0n) is 9.36. The van der Waals surface area contributed by atoms with Gasteiger partial charge in [0, 0.05) is 11.2 Å². The minimum absolute atomic E-state index is 0.904. The van der Waals surface area contributed by atoms with Crippen LogP contribution in [0.15, 0.2) is 47.4 Å². The van der Waals surface area contributed by atoms with E-state index in [-0.39, 0.29) is 0 Å². The van der Waals surface area contributed by atoms with E-state index in [4.69, 9.17) is 0 Å². The highest BCUT2D eigenvalue weighted by Gasteiger charge is 2.01. The van der Waals surface area contributed by atoms with Crippen LogP contribution in [0.3, 0.4) is 0 Å². The maximum atomic E-state index is 11.4. The summed E-state index contributed by atoms with van der Waals surface area (Å²) < 4.78 is 11.4. The first-order valence-electron chi connectivity index (χ1n) is 5.10. The Morgan fingerprint density at radius 1 is 0.933 bits per heavy atom. The first kappa shape index (κ1) is 11.9. The third-order valence-electron chi connectivity index (χ3n) is 2.06. The SMILES string of the molecule is CC.CS(=O)c1cccc2ccccc12. The Balaban J connectivity index is 0.000000531. The lowest BCUT2D eigenvalue weighted by Crippen LogP contribution is -1.88. The molecule has 15 heavy (non-hydrogen) atoms. The van der Waals surface area contributed by atoms with Gasteiger partial charge in [0.1, 0.15) is 0 Å². The van der Waals surface area contributed by atoms with Crippen LogP contribution in [-0.4, -0.2) is 10.5 Å². The number of benzene rings is 2. The second kappa shape index (κ2) is 5.66. The van der Waals surface area contributed by atoms with Crippen molar-refractivity contribution in [3.63, 3.8) is 0 Å². The molecule has 2 aromatic rings. The van der Waals surface area contributed by atoms with E-state index in [1.165, 1.54) is 0 Å². The second-order valence-corrected chi connectivity index (χ2v) is 4.28. The minimum Gasteiger partial charge on any atom is -0.255 e. The van der Waals surface area contributed by atoms with E-state index in [0.717, 1.165) is 15.7 Å². The molecule has 0 heterocycles. The Morgan fingerprint density at radius 2 is 1.53 bits per heavy atom. The lowest BCUT2D eigenvalue weighted by molar-refractivity contribution is 0.687. The van der Waals surface area contributed by atoms with Crippen molar-refractivity contribution in [1.82, 2.24) is 0 Å².